The second kappa shape index (κ2) is 4.74. The van der Waals surface area contributed by atoms with Crippen molar-refractivity contribution >= 4 is 7.60 Å². The topological polar surface area (TPSA) is 35.5 Å². The van der Waals surface area contributed by atoms with E-state index in [1.54, 1.807) is 0 Å². The molecule has 0 aliphatic carbocycles. The minimum atomic E-state index is -2.94. The van der Waals surface area contributed by atoms with Crippen molar-refractivity contribution in [3.8, 4) is 0 Å². The largest absolute Gasteiger partial charge is 0.334 e. The van der Waals surface area contributed by atoms with Crippen LogP contribution in [0.4, 0.5) is 0 Å². The molecule has 0 unspecified atom stereocenters. The molecule has 0 fully saturated rings. The average Bonchev–Trinajstić information content (AvgIpc) is 2.21. The quantitative estimate of drug-likeness (QED) is 0.721. The normalized spacial score (nSPS) is 11.6. The highest BCUT2D eigenvalue weighted by Gasteiger charge is 2.21. The zero-order valence-corrected chi connectivity index (χ0v) is 9.29. The maximum Gasteiger partial charge on any atom is 0.334 e. The van der Waals surface area contributed by atoms with Gasteiger partial charge in [-0.25, -0.2) is 0 Å². The lowest BCUT2D eigenvalue weighted by molar-refractivity contribution is 0.275. The molecule has 1 rings (SSSR count). The Morgan fingerprint density at radius 1 is 1.21 bits per heavy atom. The molecule has 3 nitrogen and oxygen atoms in total. The summed E-state index contributed by atoms with van der Waals surface area (Å²) in [6.45, 7) is 3.77. The SMILES string of the molecule is [CH2]c1ccc(CP(=O)(OC)OC)cc1. The van der Waals surface area contributed by atoms with E-state index >= 15 is 0 Å². The Labute approximate surface area is 84.6 Å². The van der Waals surface area contributed by atoms with E-state index in [0.717, 1.165) is 11.1 Å². The van der Waals surface area contributed by atoms with E-state index in [-0.39, 0.29) is 0 Å². The van der Waals surface area contributed by atoms with Gasteiger partial charge in [-0.05, 0) is 18.1 Å². The van der Waals surface area contributed by atoms with E-state index in [9.17, 15) is 4.57 Å². The molecular formula is C10H14O3P. The Bertz CT molecular complexity index is 324. The molecule has 0 N–H and O–H groups in total. The summed E-state index contributed by atoms with van der Waals surface area (Å²) in [5, 5.41) is 0. The molecule has 0 aromatic heterocycles. The minimum Gasteiger partial charge on any atom is -0.312 e. The molecule has 0 aliphatic heterocycles. The van der Waals surface area contributed by atoms with Crippen LogP contribution in [0, 0.1) is 6.92 Å². The van der Waals surface area contributed by atoms with Crippen molar-refractivity contribution in [1.82, 2.24) is 0 Å². The van der Waals surface area contributed by atoms with Gasteiger partial charge < -0.3 is 9.05 Å². The molecular weight excluding hydrogens is 199 g/mol. The second-order valence-electron chi connectivity index (χ2n) is 2.95. The molecule has 0 heterocycles. The highest BCUT2D eigenvalue weighted by atomic mass is 31.2. The second-order valence-corrected chi connectivity index (χ2v) is 5.22. The van der Waals surface area contributed by atoms with Crippen LogP contribution in [0.5, 0.6) is 0 Å². The summed E-state index contributed by atoms with van der Waals surface area (Å²) < 4.78 is 21.4. The van der Waals surface area contributed by atoms with Crippen LogP contribution in [-0.4, -0.2) is 14.2 Å². The van der Waals surface area contributed by atoms with Gasteiger partial charge in [0.1, 0.15) is 0 Å². The number of benzene rings is 1. The summed E-state index contributed by atoms with van der Waals surface area (Å²) >= 11 is 0. The summed E-state index contributed by atoms with van der Waals surface area (Å²) in [5.74, 6) is 0. The van der Waals surface area contributed by atoms with Gasteiger partial charge in [-0.2, -0.15) is 0 Å². The number of hydrogen-bond acceptors (Lipinski definition) is 3. The van der Waals surface area contributed by atoms with E-state index in [1.165, 1.54) is 14.2 Å². The zero-order chi connectivity index (χ0) is 10.6. The van der Waals surface area contributed by atoms with Crippen molar-refractivity contribution in [2.45, 2.75) is 6.16 Å². The smallest absolute Gasteiger partial charge is 0.312 e. The van der Waals surface area contributed by atoms with Crippen LogP contribution in [0.15, 0.2) is 24.3 Å². The van der Waals surface area contributed by atoms with E-state index in [0.29, 0.717) is 6.16 Å². The van der Waals surface area contributed by atoms with Crippen LogP contribution in [0.3, 0.4) is 0 Å². The van der Waals surface area contributed by atoms with Gasteiger partial charge in [-0.3, -0.25) is 4.57 Å². The summed E-state index contributed by atoms with van der Waals surface area (Å²) in [7, 11) is -0.161. The number of hydrogen-bond donors (Lipinski definition) is 0. The maximum absolute atomic E-state index is 11.7. The van der Waals surface area contributed by atoms with Gasteiger partial charge in [-0.1, -0.05) is 24.3 Å². The highest BCUT2D eigenvalue weighted by molar-refractivity contribution is 7.52. The first-order valence-electron chi connectivity index (χ1n) is 4.21. The van der Waals surface area contributed by atoms with Crippen molar-refractivity contribution in [2.24, 2.45) is 0 Å². The monoisotopic (exact) mass is 213 g/mol. The Morgan fingerprint density at radius 3 is 2.14 bits per heavy atom. The molecule has 1 aromatic carbocycles. The Kier molecular flexibility index (Phi) is 3.87. The summed E-state index contributed by atoms with van der Waals surface area (Å²) in [6, 6.07) is 7.47. The van der Waals surface area contributed by atoms with Gasteiger partial charge in [0.2, 0.25) is 0 Å². The van der Waals surface area contributed by atoms with Gasteiger partial charge in [0.25, 0.3) is 0 Å². The lowest BCUT2D eigenvalue weighted by Gasteiger charge is -2.13. The third kappa shape index (κ3) is 2.95. The zero-order valence-electron chi connectivity index (χ0n) is 8.40. The first-order chi connectivity index (χ1) is 6.59. The lowest BCUT2D eigenvalue weighted by atomic mass is 10.2. The van der Waals surface area contributed by atoms with Gasteiger partial charge in [0, 0.05) is 14.2 Å². The fourth-order valence-electron chi connectivity index (χ4n) is 1.07. The molecule has 0 aliphatic rings. The predicted octanol–water partition coefficient (Wildman–Crippen LogP) is 2.85. The van der Waals surface area contributed by atoms with Crippen molar-refractivity contribution in [3.63, 3.8) is 0 Å². The van der Waals surface area contributed by atoms with Crippen molar-refractivity contribution in [2.75, 3.05) is 14.2 Å². The Hall–Kier alpha value is -0.630. The van der Waals surface area contributed by atoms with Gasteiger partial charge >= 0.3 is 7.60 Å². The fourth-order valence-corrected chi connectivity index (χ4v) is 2.14. The first kappa shape index (κ1) is 11.4. The molecule has 77 valence electrons. The molecule has 4 heteroatoms. The van der Waals surface area contributed by atoms with Crippen molar-refractivity contribution in [3.05, 3.63) is 42.3 Å². The van der Waals surface area contributed by atoms with Gasteiger partial charge in [-0.15, -0.1) is 0 Å². The van der Waals surface area contributed by atoms with E-state index in [1.807, 2.05) is 24.3 Å². The van der Waals surface area contributed by atoms with Crippen LogP contribution < -0.4 is 0 Å². The summed E-state index contributed by atoms with van der Waals surface area (Å²) in [6.07, 6.45) is 0.292. The molecule has 0 saturated carbocycles. The highest BCUT2D eigenvalue weighted by Crippen LogP contribution is 2.49. The van der Waals surface area contributed by atoms with Crippen LogP contribution in [0.1, 0.15) is 11.1 Å². The molecule has 1 radical (unpaired) electrons. The van der Waals surface area contributed by atoms with Crippen molar-refractivity contribution < 1.29 is 13.6 Å². The molecule has 0 spiro atoms. The fraction of sp³-hybridized carbons (Fsp3) is 0.300. The Balaban J connectivity index is 2.78. The number of rotatable bonds is 4. The molecule has 0 amide bonds. The van der Waals surface area contributed by atoms with Gasteiger partial charge in [0.15, 0.2) is 0 Å². The van der Waals surface area contributed by atoms with Crippen LogP contribution in [-0.2, 0) is 19.8 Å². The predicted molar refractivity (Wildman–Crippen MR) is 56.2 cm³/mol. The molecule has 0 saturated heterocycles. The van der Waals surface area contributed by atoms with Crippen molar-refractivity contribution in [1.29, 1.82) is 0 Å². The lowest BCUT2D eigenvalue weighted by Crippen LogP contribution is -1.93. The minimum absolute atomic E-state index is 0.292. The van der Waals surface area contributed by atoms with Crippen LogP contribution in [0.25, 0.3) is 0 Å². The van der Waals surface area contributed by atoms with E-state index < -0.39 is 7.60 Å². The summed E-state index contributed by atoms with van der Waals surface area (Å²) in [5.41, 5.74) is 1.85. The van der Waals surface area contributed by atoms with E-state index in [2.05, 4.69) is 6.92 Å². The van der Waals surface area contributed by atoms with Gasteiger partial charge in [0.05, 0.1) is 6.16 Å². The molecule has 14 heavy (non-hydrogen) atoms. The third-order valence-electron chi connectivity index (χ3n) is 1.96. The first-order valence-corrected chi connectivity index (χ1v) is 5.94. The molecule has 0 bridgehead atoms. The Morgan fingerprint density at radius 2 is 1.71 bits per heavy atom. The maximum atomic E-state index is 11.7. The summed E-state index contributed by atoms with van der Waals surface area (Å²) in [4.78, 5) is 0. The van der Waals surface area contributed by atoms with Crippen LogP contribution in [0.2, 0.25) is 0 Å². The van der Waals surface area contributed by atoms with Crippen LogP contribution >= 0.6 is 7.60 Å². The standard InChI is InChI=1S/C10H14O3P/c1-9-4-6-10(7-5-9)8-14(11,12-2)13-3/h4-7H,1,8H2,2-3H3. The van der Waals surface area contributed by atoms with E-state index in [4.69, 9.17) is 9.05 Å². The average molecular weight is 213 g/mol. The molecule has 0 atom stereocenters. The molecule has 1 aromatic rings. The third-order valence-corrected chi connectivity index (χ3v) is 3.82.